The van der Waals surface area contributed by atoms with Gasteiger partial charge in [0.25, 0.3) is 10.0 Å². The second-order valence-corrected chi connectivity index (χ2v) is 10.4. The topological polar surface area (TPSA) is 106 Å². The van der Waals surface area contributed by atoms with Crippen LogP contribution < -0.4 is 9.04 Å². The Morgan fingerprint density at radius 2 is 1.59 bits per heavy atom. The molecule has 4 rings (SSSR count). The summed E-state index contributed by atoms with van der Waals surface area (Å²) >= 11 is 0. The zero-order valence-corrected chi connectivity index (χ0v) is 21.6. The number of carboxylic acid groups (broad SMARTS) is 1. The Bertz CT molecular complexity index is 1610. The average molecular weight is 561 g/mol. The molecule has 3 aromatic carbocycles. The summed E-state index contributed by atoms with van der Waals surface area (Å²) < 4.78 is 76.0. The number of rotatable bonds is 9. The van der Waals surface area contributed by atoms with E-state index in [0.717, 1.165) is 27.2 Å². The van der Waals surface area contributed by atoms with E-state index in [2.05, 4.69) is 9.72 Å². The predicted octanol–water partition coefficient (Wildman–Crippen LogP) is 5.68. The maximum Gasteiger partial charge on any atom is 0.573 e. The van der Waals surface area contributed by atoms with Gasteiger partial charge in [-0.25, -0.2) is 22.5 Å². The lowest BCUT2D eigenvalue weighted by atomic mass is 10.0. The number of sulfonamides is 1. The van der Waals surface area contributed by atoms with E-state index in [4.69, 9.17) is 4.74 Å². The van der Waals surface area contributed by atoms with Crippen LogP contribution in [0.5, 0.6) is 5.75 Å². The molecule has 0 unspecified atom stereocenters. The van der Waals surface area contributed by atoms with Crippen molar-refractivity contribution in [3.8, 4) is 5.75 Å². The summed E-state index contributed by atoms with van der Waals surface area (Å²) in [6.07, 6.45) is -4.87. The number of pyridine rings is 1. The van der Waals surface area contributed by atoms with E-state index in [1.807, 2.05) is 18.2 Å². The van der Waals surface area contributed by atoms with E-state index < -0.39 is 28.1 Å². The summed E-state index contributed by atoms with van der Waals surface area (Å²) in [7, 11) is -2.85. The molecule has 0 saturated carbocycles. The molecule has 12 heteroatoms. The minimum absolute atomic E-state index is 0.0943. The van der Waals surface area contributed by atoms with E-state index in [1.54, 1.807) is 13.0 Å². The van der Waals surface area contributed by atoms with E-state index in [9.17, 15) is 31.5 Å². The van der Waals surface area contributed by atoms with Crippen LogP contribution in [0.25, 0.3) is 10.8 Å². The number of nitrogens with zero attached hydrogens (tertiary/aromatic N) is 2. The molecule has 0 radical (unpaired) electrons. The third-order valence-electron chi connectivity index (χ3n) is 5.91. The summed E-state index contributed by atoms with van der Waals surface area (Å²) in [6.45, 7) is 1.53. The summed E-state index contributed by atoms with van der Waals surface area (Å²) in [5.41, 5.74) is 1.30. The fourth-order valence-electron chi connectivity index (χ4n) is 4.08. The normalized spacial score (nSPS) is 11.9. The van der Waals surface area contributed by atoms with Crippen molar-refractivity contribution in [3.63, 3.8) is 0 Å². The molecule has 1 aromatic heterocycles. The quantitative estimate of drug-likeness (QED) is 0.281. The number of methoxy groups -OCH3 is 1. The number of carboxylic acids is 1. The lowest BCUT2D eigenvalue weighted by Crippen LogP contribution is -2.32. The highest BCUT2D eigenvalue weighted by Gasteiger charge is 2.32. The van der Waals surface area contributed by atoms with Gasteiger partial charge in [0.2, 0.25) is 0 Å². The van der Waals surface area contributed by atoms with Crippen molar-refractivity contribution in [1.29, 1.82) is 0 Å². The number of benzene rings is 3. The maximum absolute atomic E-state index is 14.0. The average Bonchev–Trinajstić information content (AvgIpc) is 2.89. The number of hydrogen-bond donors (Lipinski definition) is 1. The number of carbonyl (C=O) groups is 1. The molecule has 39 heavy (non-hydrogen) atoms. The number of fused-ring (bicyclic) bond motifs is 1. The molecule has 0 aliphatic rings. The first-order valence-corrected chi connectivity index (χ1v) is 12.9. The molecule has 4 aromatic rings. The molecule has 8 nitrogen and oxygen atoms in total. The molecule has 1 N–H and O–H groups in total. The molecular formula is C27H23F3N2O6S. The number of hydrogen-bond acceptors (Lipinski definition) is 6. The summed E-state index contributed by atoms with van der Waals surface area (Å²) in [5.74, 6) is -1.57. The molecule has 0 aliphatic heterocycles. The Balaban J connectivity index is 1.86. The first-order valence-electron chi connectivity index (χ1n) is 11.5. The van der Waals surface area contributed by atoms with Crippen LogP contribution in [0.4, 0.5) is 19.0 Å². The van der Waals surface area contributed by atoms with Gasteiger partial charge in [-0.2, -0.15) is 0 Å². The summed E-state index contributed by atoms with van der Waals surface area (Å²) in [4.78, 5) is 15.7. The number of halogens is 3. The van der Waals surface area contributed by atoms with E-state index in [1.165, 1.54) is 43.5 Å². The third kappa shape index (κ3) is 6.13. The molecule has 0 saturated heterocycles. The van der Waals surface area contributed by atoms with Crippen LogP contribution in [0.1, 0.15) is 27.2 Å². The number of aromatic nitrogens is 1. The van der Waals surface area contributed by atoms with Gasteiger partial charge >= 0.3 is 12.3 Å². The van der Waals surface area contributed by atoms with Gasteiger partial charge in [-0.05, 0) is 54.3 Å². The van der Waals surface area contributed by atoms with Crippen LogP contribution >= 0.6 is 0 Å². The van der Waals surface area contributed by atoms with E-state index in [-0.39, 0.29) is 29.4 Å². The van der Waals surface area contributed by atoms with Gasteiger partial charge in [0.1, 0.15) is 11.6 Å². The number of alkyl halides is 3. The molecule has 0 fully saturated rings. The van der Waals surface area contributed by atoms with Crippen molar-refractivity contribution >= 4 is 32.6 Å². The van der Waals surface area contributed by atoms with Gasteiger partial charge in [0.15, 0.2) is 0 Å². The smallest absolute Gasteiger partial charge is 0.478 e. The number of ether oxygens (including phenoxy) is 2. The lowest BCUT2D eigenvalue weighted by molar-refractivity contribution is -0.274. The molecule has 0 aliphatic carbocycles. The van der Waals surface area contributed by atoms with Gasteiger partial charge < -0.3 is 14.6 Å². The van der Waals surface area contributed by atoms with Gasteiger partial charge in [0.05, 0.1) is 29.3 Å². The van der Waals surface area contributed by atoms with Crippen LogP contribution in [-0.4, -0.2) is 37.9 Å². The minimum Gasteiger partial charge on any atom is -0.478 e. The molecule has 0 amide bonds. The second kappa shape index (κ2) is 10.9. The van der Waals surface area contributed by atoms with E-state index in [0.29, 0.717) is 16.8 Å². The van der Waals surface area contributed by atoms with Gasteiger partial charge in [-0.1, -0.05) is 36.4 Å². The van der Waals surface area contributed by atoms with Crippen LogP contribution in [0, 0.1) is 6.92 Å². The monoisotopic (exact) mass is 560 g/mol. The Labute approximate surface area is 222 Å². The van der Waals surface area contributed by atoms with Gasteiger partial charge in [-0.15, -0.1) is 13.2 Å². The molecule has 0 bridgehead atoms. The Kier molecular flexibility index (Phi) is 7.79. The van der Waals surface area contributed by atoms with Crippen molar-refractivity contribution in [2.24, 2.45) is 0 Å². The molecule has 0 atom stereocenters. The highest BCUT2D eigenvalue weighted by Crippen LogP contribution is 2.34. The molecular weight excluding hydrogens is 537 g/mol. The Hall–Kier alpha value is -4.16. The largest absolute Gasteiger partial charge is 0.573 e. The van der Waals surface area contributed by atoms with Crippen molar-refractivity contribution < 1.29 is 41.0 Å². The van der Waals surface area contributed by atoms with Crippen LogP contribution in [0.15, 0.2) is 77.7 Å². The highest BCUT2D eigenvalue weighted by atomic mass is 32.2. The fourth-order valence-corrected chi connectivity index (χ4v) is 5.54. The number of aryl methyl sites for hydroxylation is 1. The zero-order chi connectivity index (χ0) is 28.4. The third-order valence-corrected chi connectivity index (χ3v) is 7.66. The van der Waals surface area contributed by atoms with Gasteiger partial charge in [0, 0.05) is 18.1 Å². The summed E-state index contributed by atoms with van der Waals surface area (Å²) in [5, 5.41) is 10.7. The summed E-state index contributed by atoms with van der Waals surface area (Å²) in [6, 6.07) is 16.8. The molecule has 0 spiro atoms. The number of anilines is 1. The predicted molar refractivity (Wildman–Crippen MR) is 137 cm³/mol. The Morgan fingerprint density at radius 1 is 0.974 bits per heavy atom. The molecule has 204 valence electrons. The zero-order valence-electron chi connectivity index (χ0n) is 20.8. The van der Waals surface area contributed by atoms with E-state index >= 15 is 0 Å². The lowest BCUT2D eigenvalue weighted by Gasteiger charge is -2.27. The van der Waals surface area contributed by atoms with Crippen LogP contribution in [0.3, 0.4) is 0 Å². The van der Waals surface area contributed by atoms with Crippen molar-refractivity contribution in [3.05, 3.63) is 95.2 Å². The second-order valence-electron chi connectivity index (χ2n) is 8.52. The molecule has 1 heterocycles. The van der Waals surface area contributed by atoms with Gasteiger partial charge in [-0.3, -0.25) is 0 Å². The van der Waals surface area contributed by atoms with Crippen molar-refractivity contribution in [2.75, 3.05) is 11.4 Å². The first kappa shape index (κ1) is 27.9. The minimum atomic E-state index is -4.87. The highest BCUT2D eigenvalue weighted by molar-refractivity contribution is 7.92. The number of aromatic carboxylic acids is 1. The first-order chi connectivity index (χ1) is 18.4. The maximum atomic E-state index is 14.0. The SMILES string of the molecule is COCc1nc(N(Cc2ccc(OC(F)(F)F)cc2)S(=O)(=O)c2ccc(C(=O)O)cc2)c(C)c2ccccc12. The van der Waals surface area contributed by atoms with Crippen LogP contribution in [0.2, 0.25) is 0 Å². The van der Waals surface area contributed by atoms with Crippen molar-refractivity contribution in [2.45, 2.75) is 31.3 Å². The Morgan fingerprint density at radius 3 is 2.15 bits per heavy atom. The van der Waals surface area contributed by atoms with Crippen LogP contribution in [-0.2, 0) is 27.9 Å². The standard InChI is InChI=1S/C27H23F3N2O6S/c1-17-22-5-3-4-6-23(22)24(16-37-2)31-25(17)32(15-18-7-11-20(12-8-18)38-27(28,29)30)39(35,36)21-13-9-19(10-14-21)26(33)34/h3-14H,15-16H2,1-2H3,(H,33,34). The van der Waals surface area contributed by atoms with Crippen molar-refractivity contribution in [1.82, 2.24) is 4.98 Å². The fraction of sp³-hybridized carbons (Fsp3) is 0.185.